The summed E-state index contributed by atoms with van der Waals surface area (Å²) in [6, 6.07) is 5.88. The van der Waals surface area contributed by atoms with E-state index in [9.17, 15) is 13.2 Å². The zero-order chi connectivity index (χ0) is 15.5. The number of ether oxygens (including phenoxy) is 1. The van der Waals surface area contributed by atoms with Crippen LogP contribution in [0.2, 0.25) is 0 Å². The lowest BCUT2D eigenvalue weighted by molar-refractivity contribution is -0.116. The van der Waals surface area contributed by atoms with Gasteiger partial charge in [0.05, 0.1) is 7.11 Å². The smallest absolute Gasteiger partial charge is 0.246 e. The van der Waals surface area contributed by atoms with Crippen LogP contribution < -0.4 is 15.2 Å². The minimum absolute atomic E-state index is 0.0176. The van der Waals surface area contributed by atoms with E-state index in [1.807, 2.05) is 0 Å². The number of hydrogen-bond donors (Lipinski definition) is 2. The van der Waals surface area contributed by atoms with Gasteiger partial charge in [-0.2, -0.15) is 5.10 Å². The SMILES string of the molecule is COc1ccc(NC(=O)Cn2cccn2)cc1S(N)(=O)=O. The van der Waals surface area contributed by atoms with Gasteiger partial charge in [0.2, 0.25) is 15.9 Å². The van der Waals surface area contributed by atoms with Gasteiger partial charge in [0.15, 0.2) is 0 Å². The molecule has 8 nitrogen and oxygen atoms in total. The first-order valence-electron chi connectivity index (χ1n) is 5.88. The number of aromatic nitrogens is 2. The molecule has 0 aliphatic rings. The van der Waals surface area contributed by atoms with Gasteiger partial charge in [-0.3, -0.25) is 9.48 Å². The molecule has 1 aromatic carbocycles. The molecule has 0 radical (unpaired) electrons. The Kier molecular flexibility index (Phi) is 4.24. The van der Waals surface area contributed by atoms with Crippen molar-refractivity contribution < 1.29 is 17.9 Å². The Labute approximate surface area is 121 Å². The summed E-state index contributed by atoms with van der Waals surface area (Å²) < 4.78 is 29.3. The van der Waals surface area contributed by atoms with Crippen LogP contribution in [0.25, 0.3) is 0 Å². The van der Waals surface area contributed by atoms with Crippen molar-refractivity contribution in [1.82, 2.24) is 9.78 Å². The van der Waals surface area contributed by atoms with E-state index in [-0.39, 0.29) is 23.1 Å². The number of hydrogen-bond acceptors (Lipinski definition) is 5. The van der Waals surface area contributed by atoms with E-state index in [0.717, 1.165) is 0 Å². The number of nitrogens with two attached hydrogens (primary N) is 1. The fraction of sp³-hybridized carbons (Fsp3) is 0.167. The molecule has 3 N–H and O–H groups in total. The number of nitrogens with one attached hydrogen (secondary N) is 1. The number of nitrogens with zero attached hydrogens (tertiary/aromatic N) is 2. The predicted molar refractivity (Wildman–Crippen MR) is 75.2 cm³/mol. The first kappa shape index (κ1) is 15.0. The lowest BCUT2D eigenvalue weighted by Crippen LogP contribution is -2.20. The molecule has 0 saturated heterocycles. The first-order chi connectivity index (χ1) is 9.90. The van der Waals surface area contributed by atoms with Crippen LogP contribution in [0.15, 0.2) is 41.6 Å². The Morgan fingerprint density at radius 1 is 1.48 bits per heavy atom. The highest BCUT2D eigenvalue weighted by Crippen LogP contribution is 2.25. The van der Waals surface area contributed by atoms with Crippen LogP contribution in [-0.2, 0) is 21.4 Å². The molecule has 112 valence electrons. The third kappa shape index (κ3) is 3.80. The van der Waals surface area contributed by atoms with Crippen molar-refractivity contribution in [2.75, 3.05) is 12.4 Å². The third-order valence-corrected chi connectivity index (χ3v) is 3.55. The summed E-state index contributed by atoms with van der Waals surface area (Å²) in [7, 11) is -2.61. The van der Waals surface area contributed by atoms with Crippen molar-refractivity contribution in [3.05, 3.63) is 36.7 Å². The van der Waals surface area contributed by atoms with Gasteiger partial charge in [-0.05, 0) is 24.3 Å². The van der Waals surface area contributed by atoms with E-state index in [4.69, 9.17) is 9.88 Å². The normalized spacial score (nSPS) is 11.1. The minimum atomic E-state index is -3.95. The van der Waals surface area contributed by atoms with Crippen molar-refractivity contribution >= 4 is 21.6 Å². The van der Waals surface area contributed by atoms with Crippen molar-refractivity contribution in [3.63, 3.8) is 0 Å². The standard InChI is InChI=1S/C12H14N4O4S/c1-20-10-4-3-9(7-11(10)21(13,18)19)15-12(17)8-16-6-2-5-14-16/h2-7H,8H2,1H3,(H,15,17)(H2,13,18,19). The molecule has 9 heteroatoms. The van der Waals surface area contributed by atoms with Crippen LogP contribution in [0.1, 0.15) is 0 Å². The molecule has 2 aromatic rings. The highest BCUT2D eigenvalue weighted by molar-refractivity contribution is 7.89. The molecule has 1 amide bonds. The molecule has 0 unspecified atom stereocenters. The van der Waals surface area contributed by atoms with Gasteiger partial charge in [0.1, 0.15) is 17.2 Å². The summed E-state index contributed by atoms with van der Waals surface area (Å²) in [5, 5.41) is 11.6. The fourth-order valence-electron chi connectivity index (χ4n) is 1.72. The van der Waals surface area contributed by atoms with Crippen molar-refractivity contribution in [2.24, 2.45) is 5.14 Å². The Morgan fingerprint density at radius 3 is 2.81 bits per heavy atom. The maximum Gasteiger partial charge on any atom is 0.246 e. The van der Waals surface area contributed by atoms with Crippen molar-refractivity contribution in [3.8, 4) is 5.75 Å². The second kappa shape index (κ2) is 5.94. The Balaban J connectivity index is 2.19. The molecule has 21 heavy (non-hydrogen) atoms. The first-order valence-corrected chi connectivity index (χ1v) is 7.43. The molecule has 2 rings (SSSR count). The topological polar surface area (TPSA) is 116 Å². The Morgan fingerprint density at radius 2 is 2.24 bits per heavy atom. The highest BCUT2D eigenvalue weighted by Gasteiger charge is 2.16. The van der Waals surface area contributed by atoms with Crippen molar-refractivity contribution in [2.45, 2.75) is 11.4 Å². The van der Waals surface area contributed by atoms with Crippen LogP contribution in [0.5, 0.6) is 5.75 Å². The van der Waals surface area contributed by atoms with E-state index in [0.29, 0.717) is 5.69 Å². The summed E-state index contributed by atoms with van der Waals surface area (Å²) in [5.41, 5.74) is 0.303. The Hall–Kier alpha value is -2.39. The van der Waals surface area contributed by atoms with Gasteiger partial charge in [-0.1, -0.05) is 0 Å². The second-order valence-corrected chi connectivity index (χ2v) is 5.69. The average molecular weight is 310 g/mol. The molecule has 0 atom stereocenters. The number of primary sulfonamides is 1. The van der Waals surface area contributed by atoms with Crippen LogP contribution in [-0.4, -0.2) is 31.2 Å². The molecule has 1 heterocycles. The van der Waals surface area contributed by atoms with E-state index in [2.05, 4.69) is 10.4 Å². The third-order valence-electron chi connectivity index (χ3n) is 2.62. The van der Waals surface area contributed by atoms with Gasteiger partial charge >= 0.3 is 0 Å². The number of methoxy groups -OCH3 is 1. The van der Waals surface area contributed by atoms with E-state index in [1.54, 1.807) is 18.5 Å². The molecule has 0 saturated carbocycles. The largest absolute Gasteiger partial charge is 0.495 e. The van der Waals surface area contributed by atoms with Gasteiger partial charge in [0.25, 0.3) is 0 Å². The van der Waals surface area contributed by atoms with Gasteiger partial charge < -0.3 is 10.1 Å². The number of anilines is 1. The summed E-state index contributed by atoms with van der Waals surface area (Å²) in [6.45, 7) is 0.0176. The van der Waals surface area contributed by atoms with Gasteiger partial charge in [-0.15, -0.1) is 0 Å². The minimum Gasteiger partial charge on any atom is -0.495 e. The highest BCUT2D eigenvalue weighted by atomic mass is 32.2. The lowest BCUT2D eigenvalue weighted by Gasteiger charge is -2.10. The zero-order valence-corrected chi connectivity index (χ0v) is 12.0. The number of carbonyl (C=O) groups is 1. The van der Waals surface area contributed by atoms with Crippen LogP contribution in [0.3, 0.4) is 0 Å². The number of amides is 1. The summed E-state index contributed by atoms with van der Waals surface area (Å²) in [5.74, 6) is -0.230. The van der Waals surface area contributed by atoms with Gasteiger partial charge in [0, 0.05) is 18.1 Å². The summed E-state index contributed by atoms with van der Waals surface area (Å²) in [4.78, 5) is 11.6. The molecular formula is C12H14N4O4S. The van der Waals surface area contributed by atoms with Crippen LogP contribution in [0.4, 0.5) is 5.69 Å². The second-order valence-electron chi connectivity index (χ2n) is 4.16. The van der Waals surface area contributed by atoms with E-state index < -0.39 is 10.0 Å². The molecule has 0 aliphatic carbocycles. The quantitative estimate of drug-likeness (QED) is 0.817. The number of carbonyl (C=O) groups excluding carboxylic acids is 1. The Bertz CT molecular complexity index is 741. The maximum atomic E-state index is 11.8. The predicted octanol–water partition coefficient (Wildman–Crippen LogP) is 0.178. The molecular weight excluding hydrogens is 296 g/mol. The molecule has 0 spiro atoms. The summed E-state index contributed by atoms with van der Waals surface area (Å²) >= 11 is 0. The molecule has 1 aromatic heterocycles. The fourth-order valence-corrected chi connectivity index (χ4v) is 2.44. The monoisotopic (exact) mass is 310 g/mol. The van der Waals surface area contributed by atoms with E-state index >= 15 is 0 Å². The van der Waals surface area contributed by atoms with E-state index in [1.165, 1.54) is 30.0 Å². The number of sulfonamides is 1. The average Bonchev–Trinajstić information content (AvgIpc) is 2.90. The molecule has 0 fully saturated rings. The van der Waals surface area contributed by atoms with Crippen LogP contribution >= 0.6 is 0 Å². The number of rotatable bonds is 5. The van der Waals surface area contributed by atoms with Gasteiger partial charge in [-0.25, -0.2) is 13.6 Å². The van der Waals surface area contributed by atoms with Crippen LogP contribution in [0, 0.1) is 0 Å². The number of benzene rings is 1. The molecule has 0 aliphatic heterocycles. The maximum absolute atomic E-state index is 11.8. The lowest BCUT2D eigenvalue weighted by atomic mass is 10.3. The van der Waals surface area contributed by atoms with Crippen molar-refractivity contribution in [1.29, 1.82) is 0 Å². The molecule has 0 bridgehead atoms. The summed E-state index contributed by atoms with van der Waals surface area (Å²) in [6.07, 6.45) is 3.20. The zero-order valence-electron chi connectivity index (χ0n) is 11.2.